The van der Waals surface area contributed by atoms with E-state index in [9.17, 15) is 4.79 Å². The Morgan fingerprint density at radius 1 is 1.24 bits per heavy atom. The number of carbonyl (C=O) groups is 1. The number of hydrogen-bond donors (Lipinski definition) is 1. The van der Waals surface area contributed by atoms with Crippen molar-refractivity contribution in [2.24, 2.45) is 10.7 Å². The van der Waals surface area contributed by atoms with E-state index in [1.807, 2.05) is 36.6 Å². The van der Waals surface area contributed by atoms with Crippen LogP contribution in [-0.2, 0) is 0 Å². The lowest BCUT2D eigenvalue weighted by atomic mass is 10.1. The number of amides is 1. The second-order valence-electron chi connectivity index (χ2n) is 3.65. The minimum atomic E-state index is -0.309. The second-order valence-corrected chi connectivity index (χ2v) is 4.59. The fraction of sp³-hybridized carbons (Fsp3) is 0.0769. The maximum Gasteiger partial charge on any atom is 0.278 e. The Morgan fingerprint density at radius 3 is 2.53 bits per heavy atom. The van der Waals surface area contributed by atoms with Crippen molar-refractivity contribution in [1.29, 1.82) is 0 Å². The summed E-state index contributed by atoms with van der Waals surface area (Å²) >= 11 is 1.46. The third-order valence-corrected chi connectivity index (χ3v) is 3.19. The van der Waals surface area contributed by atoms with Crippen LogP contribution < -0.4 is 5.73 Å². The predicted molar refractivity (Wildman–Crippen MR) is 70.6 cm³/mol. The Labute approximate surface area is 104 Å². The van der Waals surface area contributed by atoms with Crippen LogP contribution in [0.3, 0.4) is 0 Å². The lowest BCUT2D eigenvalue weighted by molar-refractivity contribution is 0.100. The first-order chi connectivity index (χ1) is 8.16. The van der Waals surface area contributed by atoms with Crippen LogP contribution in [0.25, 0.3) is 0 Å². The number of nitrogens with zero attached hydrogens (tertiary/aromatic N) is 1. The molecule has 0 spiro atoms. The van der Waals surface area contributed by atoms with Gasteiger partial charge in [0, 0.05) is 5.56 Å². The van der Waals surface area contributed by atoms with Crippen LogP contribution >= 0.6 is 11.3 Å². The number of hydrogen-bond acceptors (Lipinski definition) is 2. The minimum Gasteiger partial charge on any atom is -0.382 e. The normalized spacial score (nSPS) is 11.5. The lowest BCUT2D eigenvalue weighted by Gasteiger charge is -1.98. The molecule has 1 aromatic carbocycles. The zero-order valence-corrected chi connectivity index (χ0v) is 10.2. The summed E-state index contributed by atoms with van der Waals surface area (Å²) in [4.78, 5) is 16.5. The number of aliphatic imine (C=N–C) groups is 1. The number of rotatable bonds is 2. The van der Waals surface area contributed by atoms with Crippen LogP contribution in [-0.4, -0.2) is 11.7 Å². The molecule has 86 valence electrons. The van der Waals surface area contributed by atoms with Gasteiger partial charge in [-0.2, -0.15) is 4.99 Å². The predicted octanol–water partition coefficient (Wildman–Crippen LogP) is 2.60. The van der Waals surface area contributed by atoms with Crippen molar-refractivity contribution in [3.63, 3.8) is 0 Å². The fourth-order valence-electron chi connectivity index (χ4n) is 1.35. The standard InChI is InChI=1S/C13H12N2OS/c1-9-4-6-10(7-5-9)13(16)15-12(14)11-3-2-8-17-11/h2-8H,1H3,(H2,14,15,16). The van der Waals surface area contributed by atoms with E-state index in [4.69, 9.17) is 5.73 Å². The van der Waals surface area contributed by atoms with Gasteiger partial charge in [-0.05, 0) is 30.5 Å². The number of thiophene rings is 1. The Balaban J connectivity index is 2.22. The molecule has 1 amide bonds. The quantitative estimate of drug-likeness (QED) is 0.652. The molecular weight excluding hydrogens is 232 g/mol. The highest BCUT2D eigenvalue weighted by atomic mass is 32.1. The van der Waals surface area contributed by atoms with Crippen molar-refractivity contribution in [3.05, 3.63) is 57.8 Å². The van der Waals surface area contributed by atoms with Crippen LogP contribution in [0.1, 0.15) is 20.8 Å². The van der Waals surface area contributed by atoms with Gasteiger partial charge in [0.25, 0.3) is 5.91 Å². The molecule has 17 heavy (non-hydrogen) atoms. The van der Waals surface area contributed by atoms with E-state index >= 15 is 0 Å². The molecule has 0 unspecified atom stereocenters. The molecule has 1 heterocycles. The third kappa shape index (κ3) is 2.79. The molecule has 0 fully saturated rings. The maximum atomic E-state index is 11.8. The van der Waals surface area contributed by atoms with Crippen molar-refractivity contribution in [3.8, 4) is 0 Å². The highest BCUT2D eigenvalue weighted by Crippen LogP contribution is 2.09. The highest BCUT2D eigenvalue weighted by Gasteiger charge is 2.06. The maximum absolute atomic E-state index is 11.8. The molecular formula is C13H12N2OS. The highest BCUT2D eigenvalue weighted by molar-refractivity contribution is 7.12. The van der Waals surface area contributed by atoms with Gasteiger partial charge in [-0.15, -0.1) is 11.3 Å². The summed E-state index contributed by atoms with van der Waals surface area (Å²) in [5, 5.41) is 1.90. The summed E-state index contributed by atoms with van der Waals surface area (Å²) in [6.45, 7) is 1.97. The van der Waals surface area contributed by atoms with E-state index < -0.39 is 0 Å². The fourth-order valence-corrected chi connectivity index (χ4v) is 1.98. The van der Waals surface area contributed by atoms with Crippen molar-refractivity contribution < 1.29 is 4.79 Å². The van der Waals surface area contributed by atoms with E-state index in [1.54, 1.807) is 12.1 Å². The van der Waals surface area contributed by atoms with Crippen LogP contribution in [0.2, 0.25) is 0 Å². The SMILES string of the molecule is Cc1ccc(C(=O)N=C(N)c2cccs2)cc1. The van der Waals surface area contributed by atoms with Crippen LogP contribution in [0.5, 0.6) is 0 Å². The molecule has 0 atom stereocenters. The summed E-state index contributed by atoms with van der Waals surface area (Å²) in [6.07, 6.45) is 0. The molecule has 0 bridgehead atoms. The molecule has 2 rings (SSSR count). The van der Waals surface area contributed by atoms with E-state index in [1.165, 1.54) is 11.3 Å². The summed E-state index contributed by atoms with van der Waals surface area (Å²) in [7, 11) is 0. The molecule has 0 radical (unpaired) electrons. The van der Waals surface area contributed by atoms with Crippen molar-refractivity contribution >= 4 is 23.1 Å². The number of amidine groups is 1. The molecule has 4 heteroatoms. The van der Waals surface area contributed by atoms with Crippen LogP contribution in [0.15, 0.2) is 46.8 Å². The summed E-state index contributed by atoms with van der Waals surface area (Å²) in [5.41, 5.74) is 7.41. The van der Waals surface area contributed by atoms with Gasteiger partial charge in [0.1, 0.15) is 5.84 Å². The van der Waals surface area contributed by atoms with Gasteiger partial charge in [-0.3, -0.25) is 4.79 Å². The Kier molecular flexibility index (Phi) is 3.35. The first-order valence-electron chi connectivity index (χ1n) is 5.16. The zero-order chi connectivity index (χ0) is 12.3. The van der Waals surface area contributed by atoms with Gasteiger partial charge in [0.15, 0.2) is 0 Å². The minimum absolute atomic E-state index is 0.269. The number of aryl methyl sites for hydroxylation is 1. The summed E-state index contributed by atoms with van der Waals surface area (Å²) in [6, 6.07) is 11.0. The molecule has 1 aromatic heterocycles. The van der Waals surface area contributed by atoms with Crippen LogP contribution in [0.4, 0.5) is 0 Å². The van der Waals surface area contributed by atoms with E-state index in [2.05, 4.69) is 4.99 Å². The van der Waals surface area contributed by atoms with Crippen LogP contribution in [0, 0.1) is 6.92 Å². The number of nitrogens with two attached hydrogens (primary N) is 1. The van der Waals surface area contributed by atoms with Gasteiger partial charge in [-0.25, -0.2) is 0 Å². The molecule has 2 aromatic rings. The van der Waals surface area contributed by atoms with Crippen molar-refractivity contribution in [1.82, 2.24) is 0 Å². The average Bonchev–Trinajstić information content (AvgIpc) is 2.83. The summed E-state index contributed by atoms with van der Waals surface area (Å²) in [5.74, 6) is -0.0403. The molecule has 0 aliphatic heterocycles. The van der Waals surface area contributed by atoms with Gasteiger partial charge in [0.05, 0.1) is 4.88 Å². The van der Waals surface area contributed by atoms with Gasteiger partial charge >= 0.3 is 0 Å². The topological polar surface area (TPSA) is 55.5 Å². The first-order valence-corrected chi connectivity index (χ1v) is 6.04. The van der Waals surface area contributed by atoms with Crippen molar-refractivity contribution in [2.45, 2.75) is 6.92 Å². The van der Waals surface area contributed by atoms with E-state index in [0.717, 1.165) is 10.4 Å². The van der Waals surface area contributed by atoms with Gasteiger partial charge in [-0.1, -0.05) is 23.8 Å². The Hall–Kier alpha value is -1.94. The zero-order valence-electron chi connectivity index (χ0n) is 9.38. The smallest absolute Gasteiger partial charge is 0.278 e. The monoisotopic (exact) mass is 244 g/mol. The molecule has 2 N–H and O–H groups in total. The first kappa shape index (κ1) is 11.5. The summed E-state index contributed by atoms with van der Waals surface area (Å²) < 4.78 is 0. The third-order valence-electron chi connectivity index (χ3n) is 2.29. The van der Waals surface area contributed by atoms with E-state index in [0.29, 0.717) is 5.56 Å². The molecule has 0 aliphatic carbocycles. The van der Waals surface area contributed by atoms with Crippen molar-refractivity contribution in [2.75, 3.05) is 0 Å². The largest absolute Gasteiger partial charge is 0.382 e. The Bertz CT molecular complexity index is 541. The average molecular weight is 244 g/mol. The Morgan fingerprint density at radius 2 is 1.94 bits per heavy atom. The molecule has 0 saturated heterocycles. The lowest BCUT2D eigenvalue weighted by Crippen LogP contribution is -2.14. The van der Waals surface area contributed by atoms with Gasteiger partial charge in [0.2, 0.25) is 0 Å². The number of carbonyl (C=O) groups excluding carboxylic acids is 1. The van der Waals surface area contributed by atoms with Gasteiger partial charge < -0.3 is 5.73 Å². The molecule has 0 saturated carbocycles. The molecule has 0 aliphatic rings. The number of benzene rings is 1. The van der Waals surface area contributed by atoms with E-state index in [-0.39, 0.29) is 11.7 Å². The molecule has 3 nitrogen and oxygen atoms in total. The second kappa shape index (κ2) is 4.93.